The van der Waals surface area contributed by atoms with E-state index in [2.05, 4.69) is 10.0 Å². The minimum Gasteiger partial charge on any atom is -0.455 e. The molecular formula is C20H20Cl2N2O5S. The van der Waals surface area contributed by atoms with Gasteiger partial charge in [0.1, 0.15) is 6.54 Å². The third-order valence-electron chi connectivity index (χ3n) is 3.84. The van der Waals surface area contributed by atoms with Crippen molar-refractivity contribution in [2.75, 3.05) is 13.2 Å². The molecule has 160 valence electrons. The minimum atomic E-state index is -3.83. The van der Waals surface area contributed by atoms with Gasteiger partial charge in [0.15, 0.2) is 6.61 Å². The molecule has 2 N–H and O–H groups in total. The predicted octanol–water partition coefficient (Wildman–Crippen LogP) is 3.30. The molecule has 7 nitrogen and oxygen atoms in total. The average molecular weight is 471 g/mol. The van der Waals surface area contributed by atoms with Crippen molar-refractivity contribution in [1.29, 1.82) is 0 Å². The first kappa shape index (κ1) is 23.9. The van der Waals surface area contributed by atoms with E-state index in [0.717, 1.165) is 11.0 Å². The third kappa shape index (κ3) is 8.16. The number of hydrogen-bond donors (Lipinski definition) is 2. The van der Waals surface area contributed by atoms with Gasteiger partial charge in [0.05, 0.1) is 16.1 Å². The van der Waals surface area contributed by atoms with Crippen LogP contribution >= 0.6 is 23.2 Å². The Morgan fingerprint density at radius 1 is 1.10 bits per heavy atom. The molecular weight excluding hydrogens is 451 g/mol. The molecule has 2 aromatic rings. The Balaban J connectivity index is 1.76. The highest BCUT2D eigenvalue weighted by molar-refractivity contribution is 7.92. The van der Waals surface area contributed by atoms with Gasteiger partial charge in [-0.3, -0.25) is 9.59 Å². The first-order valence-electron chi connectivity index (χ1n) is 8.79. The standard InChI is InChI=1S/C20H20Cl2N2O5S/c1-14(16-7-8-17(21)18(22)11-16)24-19(25)13-29-20(26)12-23-30(27,28)10-9-15-5-3-2-4-6-15/h2-11,14,23H,12-13H2,1H3,(H,24,25)/b10-9+. The van der Waals surface area contributed by atoms with Crippen LogP contribution in [0, 0.1) is 0 Å². The van der Waals surface area contributed by atoms with Crippen LogP contribution in [0.1, 0.15) is 24.1 Å². The van der Waals surface area contributed by atoms with Gasteiger partial charge in [-0.15, -0.1) is 0 Å². The summed E-state index contributed by atoms with van der Waals surface area (Å²) >= 11 is 11.8. The van der Waals surface area contributed by atoms with E-state index >= 15 is 0 Å². The number of carbonyl (C=O) groups excluding carboxylic acids is 2. The minimum absolute atomic E-state index is 0.357. The summed E-state index contributed by atoms with van der Waals surface area (Å²) in [4.78, 5) is 23.7. The van der Waals surface area contributed by atoms with E-state index < -0.39 is 41.1 Å². The SMILES string of the molecule is CC(NC(=O)COC(=O)CNS(=O)(=O)/C=C/c1ccccc1)c1ccc(Cl)c(Cl)c1. The molecule has 0 bridgehead atoms. The first-order chi connectivity index (χ1) is 14.2. The predicted molar refractivity (Wildman–Crippen MR) is 116 cm³/mol. The number of carbonyl (C=O) groups is 2. The second kappa shape index (κ2) is 11.1. The van der Waals surface area contributed by atoms with Gasteiger partial charge in [-0.25, -0.2) is 13.1 Å². The van der Waals surface area contributed by atoms with Gasteiger partial charge in [-0.2, -0.15) is 0 Å². The summed E-state index contributed by atoms with van der Waals surface area (Å²) in [5.41, 5.74) is 1.42. The van der Waals surface area contributed by atoms with Crippen LogP contribution in [0.15, 0.2) is 53.9 Å². The van der Waals surface area contributed by atoms with E-state index in [-0.39, 0.29) is 0 Å². The summed E-state index contributed by atoms with van der Waals surface area (Å²) in [6, 6.07) is 13.4. The lowest BCUT2D eigenvalue weighted by Crippen LogP contribution is -2.34. The Labute approximate surface area is 185 Å². The van der Waals surface area contributed by atoms with Crippen LogP contribution in [0.25, 0.3) is 6.08 Å². The molecule has 10 heteroatoms. The van der Waals surface area contributed by atoms with E-state index in [4.69, 9.17) is 27.9 Å². The smallest absolute Gasteiger partial charge is 0.321 e. The highest BCUT2D eigenvalue weighted by Gasteiger charge is 2.14. The zero-order chi connectivity index (χ0) is 22.1. The molecule has 0 aliphatic heterocycles. The molecule has 2 rings (SSSR count). The highest BCUT2D eigenvalue weighted by Crippen LogP contribution is 2.25. The van der Waals surface area contributed by atoms with Gasteiger partial charge >= 0.3 is 5.97 Å². The highest BCUT2D eigenvalue weighted by atomic mass is 35.5. The van der Waals surface area contributed by atoms with Crippen LogP contribution < -0.4 is 10.0 Å². The molecule has 0 spiro atoms. The van der Waals surface area contributed by atoms with Crippen molar-refractivity contribution >= 4 is 51.2 Å². The topological polar surface area (TPSA) is 102 Å². The van der Waals surface area contributed by atoms with Crippen LogP contribution in [0.5, 0.6) is 0 Å². The second-order valence-electron chi connectivity index (χ2n) is 6.20. The van der Waals surface area contributed by atoms with Crippen molar-refractivity contribution in [1.82, 2.24) is 10.0 Å². The Morgan fingerprint density at radius 3 is 2.47 bits per heavy atom. The maximum atomic E-state index is 11.9. The fraction of sp³-hybridized carbons (Fsp3) is 0.200. The van der Waals surface area contributed by atoms with Crippen LogP contribution in [0.2, 0.25) is 10.0 Å². The fourth-order valence-corrected chi connectivity index (χ4v) is 3.34. The maximum Gasteiger partial charge on any atom is 0.321 e. The lowest BCUT2D eigenvalue weighted by atomic mass is 10.1. The van der Waals surface area contributed by atoms with Crippen LogP contribution in [0.3, 0.4) is 0 Å². The van der Waals surface area contributed by atoms with Crippen molar-refractivity contribution in [2.24, 2.45) is 0 Å². The third-order valence-corrected chi connectivity index (χ3v) is 5.62. The van der Waals surface area contributed by atoms with E-state index in [9.17, 15) is 18.0 Å². The quantitative estimate of drug-likeness (QED) is 0.547. The number of ether oxygens (including phenoxy) is 1. The fourth-order valence-electron chi connectivity index (χ4n) is 2.29. The summed E-state index contributed by atoms with van der Waals surface area (Å²) in [6.07, 6.45) is 1.39. The van der Waals surface area contributed by atoms with E-state index in [1.54, 1.807) is 49.4 Å². The van der Waals surface area contributed by atoms with Crippen LogP contribution in [-0.4, -0.2) is 33.4 Å². The summed E-state index contributed by atoms with van der Waals surface area (Å²) in [5.74, 6) is -1.43. The van der Waals surface area contributed by atoms with Gasteiger partial charge in [-0.05, 0) is 36.3 Å². The summed E-state index contributed by atoms with van der Waals surface area (Å²) < 4.78 is 30.7. The second-order valence-corrected chi connectivity index (χ2v) is 8.67. The lowest BCUT2D eigenvalue weighted by Gasteiger charge is -2.15. The molecule has 0 saturated heterocycles. The van der Waals surface area contributed by atoms with Crippen molar-refractivity contribution in [3.8, 4) is 0 Å². The molecule has 0 radical (unpaired) electrons. The van der Waals surface area contributed by atoms with Crippen molar-refractivity contribution in [2.45, 2.75) is 13.0 Å². The molecule has 1 unspecified atom stereocenters. The zero-order valence-corrected chi connectivity index (χ0v) is 18.3. The van der Waals surface area contributed by atoms with Gasteiger partial charge in [0.25, 0.3) is 5.91 Å². The van der Waals surface area contributed by atoms with E-state index in [1.807, 2.05) is 6.07 Å². The largest absolute Gasteiger partial charge is 0.455 e. The number of sulfonamides is 1. The lowest BCUT2D eigenvalue weighted by molar-refractivity contribution is -0.147. The molecule has 0 aromatic heterocycles. The number of rotatable bonds is 9. The molecule has 0 aliphatic rings. The molecule has 30 heavy (non-hydrogen) atoms. The van der Waals surface area contributed by atoms with E-state index in [1.165, 1.54) is 6.08 Å². The Hall–Kier alpha value is -2.39. The number of esters is 1. The van der Waals surface area contributed by atoms with Crippen molar-refractivity contribution < 1.29 is 22.7 Å². The molecule has 0 heterocycles. The van der Waals surface area contributed by atoms with Crippen LogP contribution in [0.4, 0.5) is 0 Å². The molecule has 0 saturated carbocycles. The molecule has 0 fully saturated rings. The van der Waals surface area contributed by atoms with E-state index in [0.29, 0.717) is 15.6 Å². The average Bonchev–Trinajstić information content (AvgIpc) is 2.72. The Morgan fingerprint density at radius 2 is 1.80 bits per heavy atom. The maximum absolute atomic E-state index is 11.9. The van der Waals surface area contributed by atoms with Crippen LogP contribution in [-0.2, 0) is 24.3 Å². The number of nitrogens with one attached hydrogen (secondary N) is 2. The van der Waals surface area contributed by atoms with Gasteiger partial charge in [-0.1, -0.05) is 59.6 Å². The molecule has 2 aromatic carbocycles. The molecule has 1 amide bonds. The Bertz CT molecular complexity index is 1030. The number of amides is 1. The summed E-state index contributed by atoms with van der Waals surface area (Å²) in [5, 5.41) is 4.34. The number of hydrogen-bond acceptors (Lipinski definition) is 5. The van der Waals surface area contributed by atoms with Gasteiger partial charge in [0.2, 0.25) is 10.0 Å². The number of benzene rings is 2. The molecule has 1 atom stereocenters. The Kier molecular flexibility index (Phi) is 8.86. The number of halogens is 2. The first-order valence-corrected chi connectivity index (χ1v) is 11.1. The summed E-state index contributed by atoms with van der Waals surface area (Å²) in [7, 11) is -3.83. The normalized spacial score (nSPS) is 12.5. The molecule has 0 aliphatic carbocycles. The van der Waals surface area contributed by atoms with Crippen molar-refractivity contribution in [3.05, 3.63) is 75.1 Å². The van der Waals surface area contributed by atoms with Gasteiger partial charge < -0.3 is 10.1 Å². The zero-order valence-electron chi connectivity index (χ0n) is 16.0. The van der Waals surface area contributed by atoms with Gasteiger partial charge in [0, 0.05) is 5.41 Å². The summed E-state index contributed by atoms with van der Waals surface area (Å²) in [6.45, 7) is 0.579. The van der Waals surface area contributed by atoms with Crippen molar-refractivity contribution in [3.63, 3.8) is 0 Å². The monoisotopic (exact) mass is 470 g/mol.